The number of methoxy groups -OCH3 is 1. The van der Waals surface area contributed by atoms with Gasteiger partial charge in [-0.05, 0) is 42.9 Å². The second kappa shape index (κ2) is 9.17. The third-order valence-corrected chi connectivity index (χ3v) is 4.76. The molecule has 138 valence electrons. The number of aromatic nitrogens is 2. The van der Waals surface area contributed by atoms with Crippen molar-refractivity contribution in [3.63, 3.8) is 0 Å². The van der Waals surface area contributed by atoms with Gasteiger partial charge in [-0.25, -0.2) is 9.97 Å². The number of para-hydroxylation sites is 1. The van der Waals surface area contributed by atoms with Crippen LogP contribution in [0.4, 0.5) is 5.95 Å². The first kappa shape index (κ1) is 18.2. The number of anilines is 1. The molecule has 0 radical (unpaired) electrons. The Morgan fingerprint density at radius 3 is 2.88 bits per heavy atom. The van der Waals surface area contributed by atoms with Gasteiger partial charge >= 0.3 is 0 Å². The second-order valence-electron chi connectivity index (χ2n) is 6.62. The molecule has 1 fully saturated rings. The van der Waals surface area contributed by atoms with E-state index in [9.17, 15) is 4.79 Å². The molecule has 1 unspecified atom stereocenters. The summed E-state index contributed by atoms with van der Waals surface area (Å²) in [5, 5.41) is 3.08. The van der Waals surface area contributed by atoms with E-state index in [4.69, 9.17) is 4.74 Å². The van der Waals surface area contributed by atoms with Gasteiger partial charge in [0.25, 0.3) is 0 Å². The number of nitrogens with one attached hydrogen (secondary N) is 1. The Hall–Kier alpha value is -2.63. The van der Waals surface area contributed by atoms with Crippen molar-refractivity contribution in [2.24, 2.45) is 5.92 Å². The topological polar surface area (TPSA) is 67.3 Å². The van der Waals surface area contributed by atoms with Crippen LogP contribution >= 0.6 is 0 Å². The van der Waals surface area contributed by atoms with Crippen molar-refractivity contribution in [2.45, 2.75) is 25.7 Å². The Labute approximate surface area is 154 Å². The number of ether oxygens (including phenoxy) is 1. The molecule has 1 aromatic carbocycles. The molecule has 6 nitrogen and oxygen atoms in total. The average Bonchev–Trinajstić information content (AvgIpc) is 2.71. The maximum Gasteiger partial charge on any atom is 0.225 e. The molecule has 2 aromatic rings. The van der Waals surface area contributed by atoms with Gasteiger partial charge < -0.3 is 15.0 Å². The van der Waals surface area contributed by atoms with Crippen LogP contribution < -0.4 is 15.0 Å². The standard InChI is InChI=1S/C20H26N4O2/c1-26-18-8-3-2-7-17(18)9-10-19(25)23-14-16-6-4-13-24(15-16)20-21-11-5-12-22-20/h2-3,5,7-8,11-12,16H,4,6,9-10,13-15H2,1H3,(H,23,25). The smallest absolute Gasteiger partial charge is 0.225 e. The van der Waals surface area contributed by atoms with Gasteiger partial charge in [0, 0.05) is 38.4 Å². The molecular weight excluding hydrogens is 328 g/mol. The molecular formula is C20H26N4O2. The van der Waals surface area contributed by atoms with Crippen LogP contribution in [0.2, 0.25) is 0 Å². The number of nitrogens with zero attached hydrogens (tertiary/aromatic N) is 3. The summed E-state index contributed by atoms with van der Waals surface area (Å²) in [4.78, 5) is 23.1. The zero-order valence-electron chi connectivity index (χ0n) is 15.2. The third kappa shape index (κ3) is 4.94. The van der Waals surface area contributed by atoms with Gasteiger partial charge in [-0.2, -0.15) is 0 Å². The summed E-state index contributed by atoms with van der Waals surface area (Å²) >= 11 is 0. The summed E-state index contributed by atoms with van der Waals surface area (Å²) in [5.41, 5.74) is 1.07. The Bertz CT molecular complexity index is 708. The van der Waals surface area contributed by atoms with Gasteiger partial charge in [0.05, 0.1) is 7.11 Å². The van der Waals surface area contributed by atoms with Gasteiger partial charge in [-0.15, -0.1) is 0 Å². The number of hydrogen-bond acceptors (Lipinski definition) is 5. The van der Waals surface area contributed by atoms with Crippen molar-refractivity contribution in [1.29, 1.82) is 0 Å². The van der Waals surface area contributed by atoms with Crippen LogP contribution in [0.15, 0.2) is 42.7 Å². The summed E-state index contributed by atoms with van der Waals surface area (Å²) in [6.45, 7) is 2.56. The number of hydrogen-bond donors (Lipinski definition) is 1. The minimum absolute atomic E-state index is 0.0870. The van der Waals surface area contributed by atoms with Gasteiger partial charge in [0.15, 0.2) is 0 Å². The fourth-order valence-electron chi connectivity index (χ4n) is 3.37. The number of carbonyl (C=O) groups excluding carboxylic acids is 1. The molecule has 26 heavy (non-hydrogen) atoms. The van der Waals surface area contributed by atoms with Crippen LogP contribution in [0.1, 0.15) is 24.8 Å². The van der Waals surface area contributed by atoms with E-state index in [1.807, 2.05) is 30.3 Å². The quantitative estimate of drug-likeness (QED) is 0.827. The average molecular weight is 354 g/mol. The van der Waals surface area contributed by atoms with E-state index >= 15 is 0 Å². The zero-order valence-corrected chi connectivity index (χ0v) is 15.2. The predicted molar refractivity (Wildman–Crippen MR) is 101 cm³/mol. The van der Waals surface area contributed by atoms with Crippen LogP contribution in [0.3, 0.4) is 0 Å². The van der Waals surface area contributed by atoms with Gasteiger partial charge in [-0.3, -0.25) is 4.79 Å². The summed E-state index contributed by atoms with van der Waals surface area (Å²) in [6, 6.07) is 9.67. The number of amides is 1. The molecule has 3 rings (SSSR count). The second-order valence-corrected chi connectivity index (χ2v) is 6.62. The number of aryl methyl sites for hydroxylation is 1. The Kier molecular flexibility index (Phi) is 6.41. The lowest BCUT2D eigenvalue weighted by Gasteiger charge is -2.32. The van der Waals surface area contributed by atoms with E-state index in [1.165, 1.54) is 0 Å². The van der Waals surface area contributed by atoms with E-state index in [-0.39, 0.29) is 5.91 Å². The van der Waals surface area contributed by atoms with Crippen LogP contribution in [0.25, 0.3) is 0 Å². The van der Waals surface area contributed by atoms with E-state index in [0.29, 0.717) is 25.3 Å². The molecule has 1 aromatic heterocycles. The summed E-state index contributed by atoms with van der Waals surface area (Å²) in [6.07, 6.45) is 6.91. The summed E-state index contributed by atoms with van der Waals surface area (Å²) in [7, 11) is 1.66. The molecule has 2 heterocycles. The minimum atomic E-state index is 0.0870. The van der Waals surface area contributed by atoms with E-state index in [1.54, 1.807) is 19.5 Å². The van der Waals surface area contributed by atoms with Crippen molar-refractivity contribution in [3.05, 3.63) is 48.3 Å². The van der Waals surface area contributed by atoms with Crippen molar-refractivity contribution in [2.75, 3.05) is 31.6 Å². The molecule has 1 aliphatic heterocycles. The van der Waals surface area contributed by atoms with Crippen LogP contribution in [-0.2, 0) is 11.2 Å². The number of benzene rings is 1. The lowest BCUT2D eigenvalue weighted by Crippen LogP contribution is -2.41. The fourth-order valence-corrected chi connectivity index (χ4v) is 3.37. The minimum Gasteiger partial charge on any atom is -0.496 e. The van der Waals surface area contributed by atoms with Crippen molar-refractivity contribution >= 4 is 11.9 Å². The maximum atomic E-state index is 12.2. The highest BCUT2D eigenvalue weighted by atomic mass is 16.5. The largest absolute Gasteiger partial charge is 0.496 e. The normalized spacial score (nSPS) is 17.0. The Balaban J connectivity index is 1.44. The highest BCUT2D eigenvalue weighted by molar-refractivity contribution is 5.76. The highest BCUT2D eigenvalue weighted by Crippen LogP contribution is 2.20. The molecule has 0 bridgehead atoms. The molecule has 1 saturated heterocycles. The van der Waals surface area contributed by atoms with Crippen molar-refractivity contribution in [1.82, 2.24) is 15.3 Å². The van der Waals surface area contributed by atoms with Crippen LogP contribution in [0.5, 0.6) is 5.75 Å². The van der Waals surface area contributed by atoms with E-state index < -0.39 is 0 Å². The Morgan fingerprint density at radius 2 is 2.08 bits per heavy atom. The first-order chi connectivity index (χ1) is 12.8. The molecule has 1 aliphatic rings. The first-order valence-corrected chi connectivity index (χ1v) is 9.17. The fraction of sp³-hybridized carbons (Fsp3) is 0.450. The molecule has 0 spiro atoms. The highest BCUT2D eigenvalue weighted by Gasteiger charge is 2.22. The first-order valence-electron chi connectivity index (χ1n) is 9.17. The molecule has 1 atom stereocenters. The van der Waals surface area contributed by atoms with E-state index in [2.05, 4.69) is 20.2 Å². The lowest BCUT2D eigenvalue weighted by atomic mass is 9.98. The SMILES string of the molecule is COc1ccccc1CCC(=O)NCC1CCCN(c2ncccn2)C1. The Morgan fingerprint density at radius 1 is 1.27 bits per heavy atom. The molecule has 0 saturated carbocycles. The number of carbonyl (C=O) groups is 1. The van der Waals surface area contributed by atoms with E-state index in [0.717, 1.165) is 43.2 Å². The number of piperidine rings is 1. The summed E-state index contributed by atoms with van der Waals surface area (Å²) in [5.74, 6) is 2.14. The molecule has 6 heteroatoms. The summed E-state index contributed by atoms with van der Waals surface area (Å²) < 4.78 is 5.34. The molecule has 0 aliphatic carbocycles. The van der Waals surface area contributed by atoms with Crippen molar-refractivity contribution in [3.8, 4) is 5.75 Å². The van der Waals surface area contributed by atoms with Gasteiger partial charge in [0.2, 0.25) is 11.9 Å². The van der Waals surface area contributed by atoms with Gasteiger partial charge in [0.1, 0.15) is 5.75 Å². The number of rotatable bonds is 7. The molecule has 1 amide bonds. The monoisotopic (exact) mass is 354 g/mol. The van der Waals surface area contributed by atoms with Gasteiger partial charge in [-0.1, -0.05) is 18.2 Å². The van der Waals surface area contributed by atoms with Crippen LogP contribution in [0, 0.1) is 5.92 Å². The van der Waals surface area contributed by atoms with Crippen molar-refractivity contribution < 1.29 is 9.53 Å². The molecule has 1 N–H and O–H groups in total. The lowest BCUT2D eigenvalue weighted by molar-refractivity contribution is -0.121. The predicted octanol–water partition coefficient (Wildman–Crippen LogP) is 2.45. The van der Waals surface area contributed by atoms with Crippen LogP contribution in [-0.4, -0.2) is 42.6 Å². The maximum absolute atomic E-state index is 12.2. The zero-order chi connectivity index (χ0) is 18.2. The third-order valence-electron chi connectivity index (χ3n) is 4.76.